The number of nitrogens with two attached hydrogens (primary N) is 1. The van der Waals surface area contributed by atoms with E-state index in [0.717, 1.165) is 38.0 Å². The number of halogens is 1. The zero-order chi connectivity index (χ0) is 14.8. The van der Waals surface area contributed by atoms with Crippen LogP contribution in [0.15, 0.2) is 0 Å². The Labute approximate surface area is 136 Å². The molecule has 4 heteroatoms. The number of rotatable bonds is 4. The fraction of sp³-hybridized carbons (Fsp3) is 0.941. The van der Waals surface area contributed by atoms with Crippen molar-refractivity contribution in [3.63, 3.8) is 0 Å². The largest absolute Gasteiger partial charge is 0.353 e. The molecule has 0 aromatic carbocycles. The molecule has 0 spiro atoms. The minimum Gasteiger partial charge on any atom is -0.353 e. The van der Waals surface area contributed by atoms with Crippen LogP contribution >= 0.6 is 12.4 Å². The summed E-state index contributed by atoms with van der Waals surface area (Å²) in [6.07, 6.45) is 8.93. The normalized spacial score (nSPS) is 33.3. The van der Waals surface area contributed by atoms with Crippen molar-refractivity contribution in [2.75, 3.05) is 0 Å². The van der Waals surface area contributed by atoms with Crippen molar-refractivity contribution in [3.8, 4) is 0 Å². The van der Waals surface area contributed by atoms with Gasteiger partial charge in [0.2, 0.25) is 5.91 Å². The summed E-state index contributed by atoms with van der Waals surface area (Å²) in [5.41, 5.74) is 6.35. The van der Waals surface area contributed by atoms with Gasteiger partial charge in [-0.05, 0) is 56.3 Å². The van der Waals surface area contributed by atoms with Gasteiger partial charge in [0.15, 0.2) is 0 Å². The first kappa shape index (κ1) is 18.8. The van der Waals surface area contributed by atoms with E-state index in [0.29, 0.717) is 11.5 Å². The summed E-state index contributed by atoms with van der Waals surface area (Å²) in [5.74, 6) is 1.26. The highest BCUT2D eigenvalue weighted by Crippen LogP contribution is 2.40. The summed E-state index contributed by atoms with van der Waals surface area (Å²) in [6, 6.07) is 0.648. The van der Waals surface area contributed by atoms with Gasteiger partial charge in [0.25, 0.3) is 0 Å². The standard InChI is InChI=1S/C17H32N2O.ClH/c1-4-17(2,3)13-6-9-15(10-7-13)19-16(20)12-5-8-14(18)11-12;/h12-15H,4-11,18H2,1-3H3,(H,19,20);1H. The van der Waals surface area contributed by atoms with Crippen LogP contribution in [0, 0.1) is 17.3 Å². The molecule has 2 rings (SSSR count). The van der Waals surface area contributed by atoms with Crippen LogP contribution in [0.4, 0.5) is 0 Å². The smallest absolute Gasteiger partial charge is 0.223 e. The quantitative estimate of drug-likeness (QED) is 0.832. The second-order valence-electron chi connectivity index (χ2n) is 7.67. The first-order valence-corrected chi connectivity index (χ1v) is 8.48. The van der Waals surface area contributed by atoms with E-state index in [1.54, 1.807) is 0 Å². The summed E-state index contributed by atoms with van der Waals surface area (Å²) in [4.78, 5) is 12.2. The maximum Gasteiger partial charge on any atom is 0.223 e. The zero-order valence-electron chi connectivity index (χ0n) is 13.9. The first-order valence-electron chi connectivity index (χ1n) is 8.48. The van der Waals surface area contributed by atoms with Crippen molar-refractivity contribution in [3.05, 3.63) is 0 Å². The molecule has 0 heterocycles. The van der Waals surface area contributed by atoms with Crippen LogP contribution in [0.5, 0.6) is 0 Å². The van der Waals surface area contributed by atoms with Gasteiger partial charge in [0.1, 0.15) is 0 Å². The lowest BCUT2D eigenvalue weighted by molar-refractivity contribution is -0.125. The summed E-state index contributed by atoms with van der Waals surface area (Å²) >= 11 is 0. The molecule has 124 valence electrons. The lowest BCUT2D eigenvalue weighted by atomic mass is 9.69. The average Bonchev–Trinajstić information content (AvgIpc) is 2.86. The van der Waals surface area contributed by atoms with Crippen LogP contribution in [-0.4, -0.2) is 18.0 Å². The number of amides is 1. The van der Waals surface area contributed by atoms with E-state index in [1.165, 1.54) is 19.3 Å². The molecule has 0 radical (unpaired) electrons. The topological polar surface area (TPSA) is 55.1 Å². The van der Waals surface area contributed by atoms with Gasteiger partial charge in [-0.1, -0.05) is 27.2 Å². The SMILES string of the molecule is CCC(C)(C)C1CCC(NC(=O)C2CCC(N)C2)CC1.Cl. The summed E-state index contributed by atoms with van der Waals surface area (Å²) in [6.45, 7) is 7.06. The molecular formula is C17H33ClN2O. The Morgan fingerprint density at radius 1 is 1.14 bits per heavy atom. The van der Waals surface area contributed by atoms with Crippen LogP contribution < -0.4 is 11.1 Å². The number of hydrogen-bond donors (Lipinski definition) is 2. The van der Waals surface area contributed by atoms with Gasteiger partial charge in [0, 0.05) is 18.0 Å². The Bertz CT molecular complexity index is 338. The van der Waals surface area contributed by atoms with E-state index < -0.39 is 0 Å². The van der Waals surface area contributed by atoms with Crippen molar-refractivity contribution in [1.82, 2.24) is 5.32 Å². The third-order valence-electron chi connectivity index (χ3n) is 5.93. The van der Waals surface area contributed by atoms with Crippen LogP contribution in [0.3, 0.4) is 0 Å². The van der Waals surface area contributed by atoms with Crippen LogP contribution in [0.1, 0.15) is 72.1 Å². The van der Waals surface area contributed by atoms with Gasteiger partial charge in [0.05, 0.1) is 0 Å². The van der Waals surface area contributed by atoms with Gasteiger partial charge >= 0.3 is 0 Å². The van der Waals surface area contributed by atoms with Crippen molar-refractivity contribution in [1.29, 1.82) is 0 Å². The molecule has 1 amide bonds. The Morgan fingerprint density at radius 2 is 1.76 bits per heavy atom. The van der Waals surface area contributed by atoms with Crippen molar-refractivity contribution in [2.24, 2.45) is 23.0 Å². The van der Waals surface area contributed by atoms with Crippen molar-refractivity contribution >= 4 is 18.3 Å². The second kappa shape index (κ2) is 7.82. The van der Waals surface area contributed by atoms with E-state index >= 15 is 0 Å². The summed E-state index contributed by atoms with van der Waals surface area (Å²) in [7, 11) is 0. The lowest BCUT2D eigenvalue weighted by Gasteiger charge is -2.39. The van der Waals surface area contributed by atoms with Crippen LogP contribution in [0.25, 0.3) is 0 Å². The van der Waals surface area contributed by atoms with Gasteiger partial charge in [-0.3, -0.25) is 4.79 Å². The third-order valence-corrected chi connectivity index (χ3v) is 5.93. The maximum absolute atomic E-state index is 12.2. The first-order chi connectivity index (χ1) is 9.42. The molecule has 3 nitrogen and oxygen atoms in total. The predicted molar refractivity (Wildman–Crippen MR) is 90.5 cm³/mol. The Hall–Kier alpha value is -0.280. The molecule has 0 aromatic rings. The van der Waals surface area contributed by atoms with E-state index in [-0.39, 0.29) is 30.3 Å². The van der Waals surface area contributed by atoms with E-state index in [2.05, 4.69) is 26.1 Å². The second-order valence-corrected chi connectivity index (χ2v) is 7.67. The highest BCUT2D eigenvalue weighted by Gasteiger charge is 2.34. The Kier molecular flexibility index (Phi) is 6.99. The number of carbonyl (C=O) groups is 1. The van der Waals surface area contributed by atoms with E-state index in [9.17, 15) is 4.79 Å². The van der Waals surface area contributed by atoms with Crippen LogP contribution in [0.2, 0.25) is 0 Å². The van der Waals surface area contributed by atoms with Crippen LogP contribution in [-0.2, 0) is 4.79 Å². The summed E-state index contributed by atoms with van der Waals surface area (Å²) in [5, 5.41) is 3.28. The van der Waals surface area contributed by atoms with Gasteiger partial charge in [-0.25, -0.2) is 0 Å². The van der Waals surface area contributed by atoms with E-state index in [1.807, 2.05) is 0 Å². The van der Waals surface area contributed by atoms with Gasteiger partial charge in [-0.2, -0.15) is 0 Å². The van der Waals surface area contributed by atoms with Crippen molar-refractivity contribution in [2.45, 2.75) is 84.2 Å². The molecule has 0 aliphatic heterocycles. The average molecular weight is 317 g/mol. The van der Waals surface area contributed by atoms with Gasteiger partial charge in [-0.15, -0.1) is 12.4 Å². The van der Waals surface area contributed by atoms with Crippen molar-refractivity contribution < 1.29 is 4.79 Å². The molecular weight excluding hydrogens is 284 g/mol. The molecule has 3 N–H and O–H groups in total. The molecule has 21 heavy (non-hydrogen) atoms. The number of hydrogen-bond acceptors (Lipinski definition) is 2. The van der Waals surface area contributed by atoms with Gasteiger partial charge < -0.3 is 11.1 Å². The highest BCUT2D eigenvalue weighted by molar-refractivity contribution is 5.85. The fourth-order valence-electron chi connectivity index (χ4n) is 3.88. The number of carbonyl (C=O) groups excluding carboxylic acids is 1. The molecule has 2 fully saturated rings. The minimum atomic E-state index is 0. The maximum atomic E-state index is 12.2. The third kappa shape index (κ3) is 4.85. The monoisotopic (exact) mass is 316 g/mol. The molecule has 0 bridgehead atoms. The molecule has 2 atom stereocenters. The lowest BCUT2D eigenvalue weighted by Crippen LogP contribution is -2.42. The molecule has 0 aromatic heterocycles. The Morgan fingerprint density at radius 3 is 2.24 bits per heavy atom. The zero-order valence-corrected chi connectivity index (χ0v) is 14.7. The molecule has 2 aliphatic carbocycles. The number of nitrogens with one attached hydrogen (secondary N) is 1. The van der Waals surface area contributed by atoms with E-state index in [4.69, 9.17) is 5.73 Å². The molecule has 2 aliphatic rings. The Balaban J connectivity index is 0.00000220. The highest BCUT2D eigenvalue weighted by atomic mass is 35.5. The molecule has 2 unspecified atom stereocenters. The predicted octanol–water partition coefficient (Wildman–Crippen LogP) is 3.65. The fourth-order valence-corrected chi connectivity index (χ4v) is 3.88. The minimum absolute atomic E-state index is 0. The molecule has 2 saturated carbocycles. The molecule has 0 saturated heterocycles. The summed E-state index contributed by atoms with van der Waals surface area (Å²) < 4.78 is 0.